The summed E-state index contributed by atoms with van der Waals surface area (Å²) in [5.41, 5.74) is 0.784. The molecule has 7 heteroatoms. The van der Waals surface area contributed by atoms with Crippen LogP contribution in [0, 0.1) is 11.7 Å². The Morgan fingerprint density at radius 1 is 1.10 bits per heavy atom. The molecule has 3 heterocycles. The molecule has 2 aromatic heterocycles. The molecule has 0 atom stereocenters. The fourth-order valence-electron chi connectivity index (χ4n) is 3.46. The lowest BCUT2D eigenvalue weighted by Crippen LogP contribution is -2.42. The van der Waals surface area contributed by atoms with Crippen LogP contribution in [0.4, 0.5) is 4.39 Å². The average Bonchev–Trinajstić information content (AvgIpc) is 3.44. The average molecular weight is 412 g/mol. The van der Waals surface area contributed by atoms with Gasteiger partial charge in [-0.2, -0.15) is 0 Å². The van der Waals surface area contributed by atoms with E-state index < -0.39 is 0 Å². The van der Waals surface area contributed by atoms with Crippen LogP contribution in [0.25, 0.3) is 11.3 Å². The van der Waals surface area contributed by atoms with Gasteiger partial charge in [0.25, 0.3) is 5.91 Å². The molecule has 1 fully saturated rings. The van der Waals surface area contributed by atoms with Crippen molar-refractivity contribution in [2.24, 2.45) is 5.92 Å². The van der Waals surface area contributed by atoms with Gasteiger partial charge in [-0.3, -0.25) is 9.59 Å². The molecule has 1 saturated heterocycles. The van der Waals surface area contributed by atoms with Gasteiger partial charge in [0, 0.05) is 24.6 Å². The number of nitrogens with zero attached hydrogens (tertiary/aromatic N) is 1. The maximum atomic E-state index is 13.0. The second-order valence-corrected chi connectivity index (χ2v) is 7.98. The molecule has 5 nitrogen and oxygen atoms in total. The van der Waals surface area contributed by atoms with Crippen molar-refractivity contribution in [2.75, 3.05) is 13.1 Å². The molecule has 0 spiro atoms. The zero-order valence-electron chi connectivity index (χ0n) is 15.8. The fourth-order valence-corrected chi connectivity index (χ4v) is 4.15. The number of benzene rings is 1. The van der Waals surface area contributed by atoms with E-state index in [1.54, 1.807) is 18.2 Å². The number of nitrogens with one attached hydrogen (secondary N) is 1. The number of likely N-dealkylation sites (tertiary alicyclic amines) is 1. The number of hydrogen-bond acceptors (Lipinski definition) is 4. The van der Waals surface area contributed by atoms with E-state index in [2.05, 4.69) is 5.32 Å². The summed E-state index contributed by atoms with van der Waals surface area (Å²) in [6.45, 7) is 1.48. The van der Waals surface area contributed by atoms with Crippen molar-refractivity contribution >= 4 is 23.2 Å². The SMILES string of the molecule is O=C(NCc1ccc(-c2ccc(F)cc2)o1)C1CCN(C(=O)c2cccs2)CC1. The molecule has 4 rings (SSSR count). The summed E-state index contributed by atoms with van der Waals surface area (Å²) in [6, 6.07) is 13.4. The van der Waals surface area contributed by atoms with Crippen LogP contribution in [-0.2, 0) is 11.3 Å². The van der Waals surface area contributed by atoms with Crippen molar-refractivity contribution in [3.05, 3.63) is 70.4 Å². The van der Waals surface area contributed by atoms with Crippen molar-refractivity contribution in [2.45, 2.75) is 19.4 Å². The van der Waals surface area contributed by atoms with Crippen molar-refractivity contribution in [1.29, 1.82) is 0 Å². The zero-order chi connectivity index (χ0) is 20.2. The monoisotopic (exact) mass is 412 g/mol. The normalized spacial score (nSPS) is 14.7. The molecule has 2 amide bonds. The third-order valence-electron chi connectivity index (χ3n) is 5.11. The minimum atomic E-state index is -0.295. The molecule has 1 N–H and O–H groups in total. The summed E-state index contributed by atoms with van der Waals surface area (Å²) >= 11 is 1.44. The topological polar surface area (TPSA) is 62.6 Å². The highest BCUT2D eigenvalue weighted by molar-refractivity contribution is 7.12. The Morgan fingerprint density at radius 2 is 1.86 bits per heavy atom. The van der Waals surface area contributed by atoms with E-state index in [1.807, 2.05) is 28.5 Å². The molecule has 0 bridgehead atoms. The Balaban J connectivity index is 1.26. The maximum absolute atomic E-state index is 13.0. The molecule has 0 saturated carbocycles. The van der Waals surface area contributed by atoms with Crippen LogP contribution in [0.3, 0.4) is 0 Å². The van der Waals surface area contributed by atoms with Gasteiger partial charge < -0.3 is 14.6 Å². The molecular formula is C22H21FN2O3S. The van der Waals surface area contributed by atoms with E-state index in [9.17, 15) is 14.0 Å². The molecule has 1 aromatic carbocycles. The predicted octanol–water partition coefficient (Wildman–Crippen LogP) is 4.32. The van der Waals surface area contributed by atoms with Crippen LogP contribution in [0.5, 0.6) is 0 Å². The van der Waals surface area contributed by atoms with Crippen LogP contribution < -0.4 is 5.32 Å². The van der Waals surface area contributed by atoms with Crippen LogP contribution >= 0.6 is 11.3 Å². The lowest BCUT2D eigenvalue weighted by molar-refractivity contribution is -0.126. The van der Waals surface area contributed by atoms with Gasteiger partial charge in [-0.25, -0.2) is 4.39 Å². The van der Waals surface area contributed by atoms with Crippen LogP contribution in [-0.4, -0.2) is 29.8 Å². The molecule has 150 valence electrons. The number of furan rings is 1. The van der Waals surface area contributed by atoms with Crippen molar-refractivity contribution in [1.82, 2.24) is 10.2 Å². The number of piperidine rings is 1. The molecular weight excluding hydrogens is 391 g/mol. The van der Waals surface area contributed by atoms with E-state index in [1.165, 1.54) is 23.5 Å². The number of rotatable bonds is 5. The van der Waals surface area contributed by atoms with Crippen LogP contribution in [0.2, 0.25) is 0 Å². The standard InChI is InChI=1S/C22H21FN2O3S/c23-17-5-3-15(4-6-17)19-8-7-18(28-19)14-24-21(26)16-9-11-25(12-10-16)22(27)20-2-1-13-29-20/h1-8,13,16H,9-12,14H2,(H,24,26). The minimum absolute atomic E-state index is 0.0204. The third kappa shape index (κ3) is 4.56. The summed E-state index contributed by atoms with van der Waals surface area (Å²) in [7, 11) is 0. The first-order valence-corrected chi connectivity index (χ1v) is 10.4. The Hall–Kier alpha value is -2.93. The van der Waals surface area contributed by atoms with Crippen molar-refractivity contribution in [3.8, 4) is 11.3 Å². The van der Waals surface area contributed by atoms with E-state index in [0.717, 1.165) is 10.4 Å². The van der Waals surface area contributed by atoms with Gasteiger partial charge in [-0.15, -0.1) is 11.3 Å². The quantitative estimate of drug-likeness (QED) is 0.679. The first kappa shape index (κ1) is 19.4. The molecule has 0 radical (unpaired) electrons. The summed E-state index contributed by atoms with van der Waals surface area (Å²) in [5, 5.41) is 4.81. The predicted molar refractivity (Wildman–Crippen MR) is 109 cm³/mol. The number of hydrogen-bond donors (Lipinski definition) is 1. The number of halogens is 1. The van der Waals surface area contributed by atoms with Gasteiger partial charge in [-0.05, 0) is 60.7 Å². The number of thiophene rings is 1. The van der Waals surface area contributed by atoms with E-state index in [0.29, 0.717) is 44.0 Å². The molecule has 3 aromatic rings. The van der Waals surface area contributed by atoms with Crippen LogP contribution in [0.15, 0.2) is 58.3 Å². The Morgan fingerprint density at radius 3 is 2.55 bits per heavy atom. The van der Waals surface area contributed by atoms with Gasteiger partial charge in [0.15, 0.2) is 0 Å². The van der Waals surface area contributed by atoms with Crippen molar-refractivity contribution < 1.29 is 18.4 Å². The van der Waals surface area contributed by atoms with Crippen LogP contribution in [0.1, 0.15) is 28.3 Å². The van der Waals surface area contributed by atoms with Crippen molar-refractivity contribution in [3.63, 3.8) is 0 Å². The molecule has 0 unspecified atom stereocenters. The van der Waals surface area contributed by atoms with Gasteiger partial charge in [0.2, 0.25) is 5.91 Å². The largest absolute Gasteiger partial charge is 0.459 e. The lowest BCUT2D eigenvalue weighted by Gasteiger charge is -2.31. The minimum Gasteiger partial charge on any atom is -0.459 e. The first-order chi connectivity index (χ1) is 14.1. The molecule has 1 aliphatic rings. The number of amides is 2. The summed E-state index contributed by atoms with van der Waals surface area (Å²) < 4.78 is 18.8. The van der Waals surface area contributed by atoms with Gasteiger partial charge in [0.05, 0.1) is 11.4 Å². The maximum Gasteiger partial charge on any atom is 0.263 e. The number of carbonyl (C=O) groups is 2. The second kappa shape index (κ2) is 8.61. The molecule has 0 aliphatic carbocycles. The Bertz CT molecular complexity index is 974. The second-order valence-electron chi connectivity index (χ2n) is 7.03. The van der Waals surface area contributed by atoms with Gasteiger partial charge in [0.1, 0.15) is 17.3 Å². The third-order valence-corrected chi connectivity index (χ3v) is 5.97. The summed E-state index contributed by atoms with van der Waals surface area (Å²) in [4.78, 5) is 27.4. The first-order valence-electron chi connectivity index (χ1n) is 9.55. The smallest absolute Gasteiger partial charge is 0.263 e. The summed E-state index contributed by atoms with van der Waals surface area (Å²) in [6.07, 6.45) is 1.31. The van der Waals surface area contributed by atoms with Gasteiger partial charge in [-0.1, -0.05) is 6.07 Å². The highest BCUT2D eigenvalue weighted by atomic mass is 32.1. The van der Waals surface area contributed by atoms with E-state index in [4.69, 9.17) is 4.42 Å². The number of carbonyl (C=O) groups excluding carboxylic acids is 2. The van der Waals surface area contributed by atoms with Gasteiger partial charge >= 0.3 is 0 Å². The lowest BCUT2D eigenvalue weighted by atomic mass is 9.96. The zero-order valence-corrected chi connectivity index (χ0v) is 16.6. The van der Waals surface area contributed by atoms with E-state index in [-0.39, 0.29) is 23.5 Å². The molecule has 29 heavy (non-hydrogen) atoms. The highest BCUT2D eigenvalue weighted by Crippen LogP contribution is 2.23. The Kier molecular flexibility index (Phi) is 5.76. The summed E-state index contributed by atoms with van der Waals surface area (Å²) in [5.74, 6) is 0.901. The fraction of sp³-hybridized carbons (Fsp3) is 0.273. The highest BCUT2D eigenvalue weighted by Gasteiger charge is 2.28. The Labute approximate surface area is 172 Å². The molecule has 1 aliphatic heterocycles. The van der Waals surface area contributed by atoms with E-state index >= 15 is 0 Å².